The third-order valence-electron chi connectivity index (χ3n) is 1.75. The Hall–Kier alpha value is -1.30. The van der Waals surface area contributed by atoms with Crippen LogP contribution >= 0.6 is 0 Å². The van der Waals surface area contributed by atoms with E-state index in [4.69, 9.17) is 10.2 Å². The molecule has 0 aliphatic rings. The lowest BCUT2D eigenvalue weighted by atomic mass is 10.2. The molecule has 6 heteroatoms. The number of nitrogens with one attached hydrogen (secondary N) is 1. The van der Waals surface area contributed by atoms with Crippen molar-refractivity contribution in [3.05, 3.63) is 0 Å². The number of carbonyl (C=O) groups is 2. The Morgan fingerprint density at radius 2 is 2.07 bits per heavy atom. The third-order valence-corrected chi connectivity index (χ3v) is 1.75. The smallest absolute Gasteiger partial charge is 0.407 e. The number of amides is 1. The van der Waals surface area contributed by atoms with Crippen molar-refractivity contribution >= 4 is 12.1 Å². The summed E-state index contributed by atoms with van der Waals surface area (Å²) in [6.45, 7) is 3.47. The number of hydrogen-bond acceptors (Lipinski definition) is 4. The van der Waals surface area contributed by atoms with Gasteiger partial charge in [-0.15, -0.1) is 0 Å². The molecule has 15 heavy (non-hydrogen) atoms. The lowest BCUT2D eigenvalue weighted by Gasteiger charge is -2.16. The second-order valence-electron chi connectivity index (χ2n) is 3.19. The Morgan fingerprint density at radius 3 is 2.47 bits per heavy atom. The van der Waals surface area contributed by atoms with Crippen molar-refractivity contribution in [1.82, 2.24) is 5.32 Å². The molecule has 0 aromatic heterocycles. The molecule has 1 amide bonds. The predicted molar refractivity (Wildman–Crippen MR) is 52.5 cm³/mol. The molecule has 0 aromatic rings. The van der Waals surface area contributed by atoms with Gasteiger partial charge in [-0.1, -0.05) is 13.3 Å². The fourth-order valence-electron chi connectivity index (χ4n) is 0.867. The summed E-state index contributed by atoms with van der Waals surface area (Å²) in [5, 5.41) is 19.7. The molecular weight excluding hydrogens is 202 g/mol. The molecule has 6 nitrogen and oxygen atoms in total. The second-order valence-corrected chi connectivity index (χ2v) is 3.19. The summed E-state index contributed by atoms with van der Waals surface area (Å²) in [6.07, 6.45) is -0.385. The second kappa shape index (κ2) is 7.05. The molecule has 0 aliphatic carbocycles. The van der Waals surface area contributed by atoms with E-state index in [9.17, 15) is 9.59 Å². The zero-order chi connectivity index (χ0) is 11.8. The van der Waals surface area contributed by atoms with Crippen molar-refractivity contribution in [1.29, 1.82) is 0 Å². The van der Waals surface area contributed by atoms with Crippen LogP contribution in [0.25, 0.3) is 0 Å². The molecule has 0 radical (unpaired) electrons. The van der Waals surface area contributed by atoms with Gasteiger partial charge in [-0.25, -0.2) is 9.59 Å². The van der Waals surface area contributed by atoms with E-state index in [0.717, 1.165) is 12.8 Å². The molecule has 0 fully saturated rings. The zero-order valence-electron chi connectivity index (χ0n) is 8.90. The summed E-state index contributed by atoms with van der Waals surface area (Å²) in [7, 11) is 0. The number of aliphatic hydroxyl groups excluding tert-OH is 1. The van der Waals surface area contributed by atoms with E-state index in [1.807, 2.05) is 6.92 Å². The van der Waals surface area contributed by atoms with E-state index < -0.39 is 24.2 Å². The molecule has 0 heterocycles. The molecule has 0 saturated carbocycles. The molecule has 0 rings (SSSR count). The Kier molecular flexibility index (Phi) is 6.44. The third kappa shape index (κ3) is 5.90. The van der Waals surface area contributed by atoms with Crippen molar-refractivity contribution in [3.63, 3.8) is 0 Å². The molecule has 88 valence electrons. The Morgan fingerprint density at radius 1 is 1.47 bits per heavy atom. The van der Waals surface area contributed by atoms with Gasteiger partial charge in [-0.3, -0.25) is 0 Å². The topological polar surface area (TPSA) is 95.9 Å². The van der Waals surface area contributed by atoms with E-state index in [-0.39, 0.29) is 6.61 Å². The number of rotatable bonds is 6. The average molecular weight is 219 g/mol. The van der Waals surface area contributed by atoms with Crippen LogP contribution < -0.4 is 5.32 Å². The Bertz CT molecular complexity index is 217. The number of aliphatic hydroxyl groups is 1. The maximum Gasteiger partial charge on any atom is 0.407 e. The number of aliphatic carboxylic acids is 1. The number of carboxylic acids is 1. The largest absolute Gasteiger partial charge is 0.480 e. The van der Waals surface area contributed by atoms with Crippen molar-refractivity contribution in [2.75, 3.05) is 6.61 Å². The van der Waals surface area contributed by atoms with Gasteiger partial charge in [0.1, 0.15) is 0 Å². The van der Waals surface area contributed by atoms with Gasteiger partial charge in [0.15, 0.2) is 6.04 Å². The first-order valence-corrected chi connectivity index (χ1v) is 4.83. The summed E-state index contributed by atoms with van der Waals surface area (Å²) in [5.74, 6) is -1.29. The highest BCUT2D eigenvalue weighted by Crippen LogP contribution is 1.95. The standard InChI is InChI=1S/C9H17NO5/c1-3-4-5-15-9(14)10-7(6(2)11)8(12)13/h6-7,11H,3-5H2,1-2H3,(H,10,14)(H,12,13)/t6?,7-/m0/s1. The van der Waals surface area contributed by atoms with Gasteiger partial charge in [0, 0.05) is 0 Å². The highest BCUT2D eigenvalue weighted by molar-refractivity contribution is 5.80. The van der Waals surface area contributed by atoms with Crippen LogP contribution in [0.5, 0.6) is 0 Å². The minimum absolute atomic E-state index is 0.245. The van der Waals surface area contributed by atoms with Crippen LogP contribution in [0.4, 0.5) is 4.79 Å². The maximum atomic E-state index is 11.0. The Balaban J connectivity index is 3.95. The number of ether oxygens (including phenoxy) is 1. The number of carboxylic acid groups (broad SMARTS) is 1. The van der Waals surface area contributed by atoms with Gasteiger partial charge in [0.2, 0.25) is 0 Å². The molecule has 2 atom stereocenters. The van der Waals surface area contributed by atoms with Gasteiger partial charge in [0.05, 0.1) is 12.7 Å². The first kappa shape index (κ1) is 13.7. The molecule has 0 saturated heterocycles. The molecule has 0 aromatic carbocycles. The van der Waals surface area contributed by atoms with Crippen LogP contribution in [0.2, 0.25) is 0 Å². The molecular formula is C9H17NO5. The zero-order valence-corrected chi connectivity index (χ0v) is 8.90. The van der Waals surface area contributed by atoms with Gasteiger partial charge in [-0.05, 0) is 13.3 Å². The average Bonchev–Trinajstić information content (AvgIpc) is 2.13. The predicted octanol–water partition coefficient (Wildman–Crippen LogP) is 0.347. The van der Waals surface area contributed by atoms with E-state index in [0.29, 0.717) is 0 Å². The Labute approximate surface area is 88.2 Å². The highest BCUT2D eigenvalue weighted by atomic mass is 16.5. The molecule has 1 unspecified atom stereocenters. The van der Waals surface area contributed by atoms with Crippen LogP contribution in [-0.2, 0) is 9.53 Å². The molecule has 0 bridgehead atoms. The monoisotopic (exact) mass is 219 g/mol. The molecule has 3 N–H and O–H groups in total. The van der Waals surface area contributed by atoms with Crippen LogP contribution in [-0.4, -0.2) is 41.0 Å². The van der Waals surface area contributed by atoms with Gasteiger partial charge < -0.3 is 20.3 Å². The van der Waals surface area contributed by atoms with Crippen molar-refractivity contribution in [2.45, 2.75) is 38.8 Å². The quantitative estimate of drug-likeness (QED) is 0.560. The summed E-state index contributed by atoms with van der Waals surface area (Å²) >= 11 is 0. The van der Waals surface area contributed by atoms with Crippen molar-refractivity contribution in [3.8, 4) is 0 Å². The van der Waals surface area contributed by atoms with E-state index in [2.05, 4.69) is 10.1 Å². The summed E-state index contributed by atoms with van der Waals surface area (Å²) < 4.78 is 4.69. The number of carbonyl (C=O) groups excluding carboxylic acids is 1. The van der Waals surface area contributed by atoms with Crippen LogP contribution in [0.1, 0.15) is 26.7 Å². The lowest BCUT2D eigenvalue weighted by Crippen LogP contribution is -2.47. The van der Waals surface area contributed by atoms with Gasteiger partial charge in [0.25, 0.3) is 0 Å². The lowest BCUT2D eigenvalue weighted by molar-refractivity contribution is -0.142. The normalized spacial score (nSPS) is 14.1. The maximum absolute atomic E-state index is 11.0. The number of unbranched alkanes of at least 4 members (excludes halogenated alkanes) is 1. The van der Waals surface area contributed by atoms with E-state index >= 15 is 0 Å². The number of alkyl carbamates (subject to hydrolysis) is 1. The van der Waals surface area contributed by atoms with Crippen molar-refractivity contribution in [2.24, 2.45) is 0 Å². The number of hydrogen-bond donors (Lipinski definition) is 3. The minimum Gasteiger partial charge on any atom is -0.480 e. The highest BCUT2D eigenvalue weighted by Gasteiger charge is 2.25. The summed E-state index contributed by atoms with van der Waals surface area (Å²) in [4.78, 5) is 21.6. The van der Waals surface area contributed by atoms with Crippen LogP contribution in [0.3, 0.4) is 0 Å². The summed E-state index contributed by atoms with van der Waals surface area (Å²) in [6, 6.07) is -1.33. The van der Waals surface area contributed by atoms with Crippen LogP contribution in [0, 0.1) is 0 Å². The fraction of sp³-hybridized carbons (Fsp3) is 0.778. The van der Waals surface area contributed by atoms with Gasteiger partial charge in [-0.2, -0.15) is 0 Å². The SMILES string of the molecule is CCCCOC(=O)N[C@H](C(=O)O)C(C)O. The first-order valence-electron chi connectivity index (χ1n) is 4.83. The summed E-state index contributed by atoms with van der Waals surface area (Å²) in [5.41, 5.74) is 0. The van der Waals surface area contributed by atoms with Gasteiger partial charge >= 0.3 is 12.1 Å². The molecule has 0 aliphatic heterocycles. The fourth-order valence-corrected chi connectivity index (χ4v) is 0.867. The van der Waals surface area contributed by atoms with E-state index in [1.165, 1.54) is 6.92 Å². The molecule has 0 spiro atoms. The first-order chi connectivity index (χ1) is 6.99. The minimum atomic E-state index is -1.33. The van der Waals surface area contributed by atoms with Crippen LogP contribution in [0.15, 0.2) is 0 Å². The van der Waals surface area contributed by atoms with Crippen molar-refractivity contribution < 1.29 is 24.5 Å². The van der Waals surface area contributed by atoms with E-state index in [1.54, 1.807) is 0 Å².